The molecule has 0 spiro atoms. The third kappa shape index (κ3) is 2.15. The second-order valence-electron chi connectivity index (χ2n) is 6.17. The van der Waals surface area contributed by atoms with E-state index in [-0.39, 0.29) is 18.6 Å². The number of H-pyrrole nitrogens is 1. The van der Waals surface area contributed by atoms with Crippen LogP contribution in [0.2, 0.25) is 0 Å². The molecule has 2 aliphatic rings. The van der Waals surface area contributed by atoms with Crippen molar-refractivity contribution >= 4 is 16.9 Å². The molecule has 2 aliphatic heterocycles. The van der Waals surface area contributed by atoms with Crippen LogP contribution in [0.5, 0.6) is 5.75 Å². The van der Waals surface area contributed by atoms with Crippen molar-refractivity contribution in [1.82, 2.24) is 9.88 Å². The predicted molar refractivity (Wildman–Crippen MR) is 87.7 cm³/mol. The first kappa shape index (κ1) is 14.3. The van der Waals surface area contributed by atoms with Crippen LogP contribution in [0.3, 0.4) is 0 Å². The van der Waals surface area contributed by atoms with Crippen LogP contribution in [-0.2, 0) is 9.53 Å². The predicted octanol–water partition coefficient (Wildman–Crippen LogP) is 2.75. The Balaban J connectivity index is 1.84. The number of fused-ring (bicyclic) bond motifs is 6. The summed E-state index contributed by atoms with van der Waals surface area (Å²) in [5.74, 6) is 1.10. The quantitative estimate of drug-likeness (QED) is 0.697. The van der Waals surface area contributed by atoms with Crippen LogP contribution >= 0.6 is 0 Å². The van der Waals surface area contributed by atoms with E-state index >= 15 is 0 Å². The smallest absolute Gasteiger partial charge is 0.329 e. The summed E-state index contributed by atoms with van der Waals surface area (Å²) in [4.78, 5) is 18.2. The van der Waals surface area contributed by atoms with E-state index in [0.29, 0.717) is 5.92 Å². The second kappa shape index (κ2) is 5.42. The van der Waals surface area contributed by atoms with Crippen molar-refractivity contribution in [2.45, 2.75) is 18.4 Å². The minimum Gasteiger partial charge on any atom is -0.497 e. The van der Waals surface area contributed by atoms with Crippen LogP contribution in [-0.4, -0.2) is 42.7 Å². The Morgan fingerprint density at radius 2 is 2.39 bits per heavy atom. The number of methoxy groups -OCH3 is 1. The number of carbonyl (C=O) groups is 1. The van der Waals surface area contributed by atoms with Crippen molar-refractivity contribution in [3.63, 3.8) is 0 Å². The van der Waals surface area contributed by atoms with Gasteiger partial charge in [-0.1, -0.05) is 12.7 Å². The van der Waals surface area contributed by atoms with Crippen LogP contribution in [0.15, 0.2) is 30.9 Å². The molecule has 1 saturated heterocycles. The first-order valence-electron chi connectivity index (χ1n) is 7.94. The summed E-state index contributed by atoms with van der Waals surface area (Å²) in [7, 11) is 1.67. The number of nitrogens with zero attached hydrogens (tertiary/aromatic N) is 1. The maximum Gasteiger partial charge on any atom is 0.329 e. The van der Waals surface area contributed by atoms with Gasteiger partial charge < -0.3 is 14.5 Å². The van der Waals surface area contributed by atoms with Crippen LogP contribution < -0.4 is 4.74 Å². The Kier molecular flexibility index (Phi) is 3.38. The highest BCUT2D eigenvalue weighted by molar-refractivity contribution is 5.90. The van der Waals surface area contributed by atoms with Gasteiger partial charge in [-0.3, -0.25) is 4.90 Å². The number of rotatable bonds is 4. The molecule has 23 heavy (non-hydrogen) atoms. The van der Waals surface area contributed by atoms with E-state index in [9.17, 15) is 4.79 Å². The molecule has 5 nitrogen and oxygen atoms in total. The van der Waals surface area contributed by atoms with Crippen LogP contribution in [0, 0.1) is 0 Å². The molecular weight excluding hydrogens is 292 g/mol. The first-order chi connectivity index (χ1) is 11.2. The van der Waals surface area contributed by atoms with Crippen molar-refractivity contribution in [2.75, 3.05) is 26.8 Å². The lowest BCUT2D eigenvalue weighted by Crippen LogP contribution is -2.37. The number of esters is 1. The fourth-order valence-electron chi connectivity index (χ4n) is 3.92. The molecule has 3 atom stereocenters. The maximum atomic E-state index is 12.6. The van der Waals surface area contributed by atoms with Crippen molar-refractivity contribution in [3.8, 4) is 5.75 Å². The summed E-state index contributed by atoms with van der Waals surface area (Å²) in [6.45, 7) is 5.69. The Hall–Kier alpha value is -2.27. The van der Waals surface area contributed by atoms with Gasteiger partial charge in [0.25, 0.3) is 0 Å². The number of nitrogens with one attached hydrogen (secondary N) is 1. The summed E-state index contributed by atoms with van der Waals surface area (Å²) < 4.78 is 10.7. The standard InChI is InChI=1S/C18H20N2O3/c1-3-8-23-18(21)17-16-15(11-6-7-20(17)10-11)13-9-12(22-2)4-5-14(13)19-16/h3-5,9,11,17,19H,1,6-8,10H2,2H3. The van der Waals surface area contributed by atoms with Gasteiger partial charge in [0.1, 0.15) is 18.4 Å². The highest BCUT2D eigenvalue weighted by atomic mass is 16.5. The van der Waals surface area contributed by atoms with E-state index in [0.717, 1.165) is 41.9 Å². The summed E-state index contributed by atoms with van der Waals surface area (Å²) in [5.41, 5.74) is 3.29. The summed E-state index contributed by atoms with van der Waals surface area (Å²) >= 11 is 0. The molecule has 120 valence electrons. The molecule has 4 rings (SSSR count). The largest absolute Gasteiger partial charge is 0.497 e. The molecule has 1 aromatic carbocycles. The van der Waals surface area contributed by atoms with E-state index in [1.54, 1.807) is 13.2 Å². The molecule has 0 radical (unpaired) electrons. The lowest BCUT2D eigenvalue weighted by Gasteiger charge is -2.30. The zero-order valence-corrected chi connectivity index (χ0v) is 13.2. The third-order valence-corrected chi connectivity index (χ3v) is 4.91. The normalized spacial score (nSPS) is 25.2. The molecule has 3 heterocycles. The zero-order chi connectivity index (χ0) is 16.0. The van der Waals surface area contributed by atoms with Gasteiger partial charge >= 0.3 is 5.97 Å². The molecular formula is C18H20N2O3. The fourth-order valence-corrected chi connectivity index (χ4v) is 3.92. The summed E-state index contributed by atoms with van der Waals surface area (Å²) in [6, 6.07) is 5.67. The summed E-state index contributed by atoms with van der Waals surface area (Å²) in [6.07, 6.45) is 2.67. The average Bonchev–Trinajstić information content (AvgIpc) is 3.14. The van der Waals surface area contributed by atoms with E-state index in [4.69, 9.17) is 9.47 Å². The molecule has 3 unspecified atom stereocenters. The van der Waals surface area contributed by atoms with Gasteiger partial charge in [0, 0.05) is 29.1 Å². The molecule has 2 bridgehead atoms. The highest BCUT2D eigenvalue weighted by Crippen LogP contribution is 2.46. The molecule has 1 N–H and O–H groups in total. The minimum absolute atomic E-state index is 0.204. The van der Waals surface area contributed by atoms with Crippen molar-refractivity contribution in [1.29, 1.82) is 0 Å². The monoisotopic (exact) mass is 312 g/mol. The molecule has 1 fully saturated rings. The number of hydrogen-bond acceptors (Lipinski definition) is 4. The Morgan fingerprint density at radius 3 is 3.17 bits per heavy atom. The van der Waals surface area contributed by atoms with Crippen molar-refractivity contribution < 1.29 is 14.3 Å². The van der Waals surface area contributed by atoms with Gasteiger partial charge in [0.05, 0.1) is 7.11 Å². The number of carbonyl (C=O) groups excluding carboxylic acids is 1. The lowest BCUT2D eigenvalue weighted by atomic mass is 9.90. The third-order valence-electron chi connectivity index (χ3n) is 4.91. The van der Waals surface area contributed by atoms with Gasteiger partial charge in [-0.25, -0.2) is 4.79 Å². The Labute approximate surface area is 134 Å². The van der Waals surface area contributed by atoms with Gasteiger partial charge in [-0.2, -0.15) is 0 Å². The molecule has 5 heteroatoms. The molecule has 0 amide bonds. The fraction of sp³-hybridized carbons (Fsp3) is 0.389. The van der Waals surface area contributed by atoms with Crippen LogP contribution in [0.1, 0.15) is 29.6 Å². The molecule has 1 aromatic heterocycles. The number of aromatic nitrogens is 1. The lowest BCUT2D eigenvalue weighted by molar-refractivity contribution is -0.149. The average molecular weight is 312 g/mol. The topological polar surface area (TPSA) is 54.6 Å². The molecule has 0 aliphatic carbocycles. The van der Waals surface area contributed by atoms with Crippen molar-refractivity contribution in [3.05, 3.63) is 42.1 Å². The van der Waals surface area contributed by atoms with Gasteiger partial charge in [-0.15, -0.1) is 0 Å². The zero-order valence-electron chi connectivity index (χ0n) is 13.2. The first-order valence-corrected chi connectivity index (χ1v) is 7.94. The van der Waals surface area contributed by atoms with Crippen molar-refractivity contribution in [2.24, 2.45) is 0 Å². The number of benzene rings is 1. The van der Waals surface area contributed by atoms with E-state index in [1.165, 1.54) is 5.56 Å². The SMILES string of the molecule is C=CCOC(=O)C1c2[nH]c3ccc(OC)cc3c2C2CCN1C2. The van der Waals surface area contributed by atoms with Gasteiger partial charge in [0.2, 0.25) is 0 Å². The minimum atomic E-state index is -0.345. The molecule has 2 aromatic rings. The van der Waals surface area contributed by atoms with E-state index in [2.05, 4.69) is 22.5 Å². The van der Waals surface area contributed by atoms with Gasteiger partial charge in [0.15, 0.2) is 0 Å². The van der Waals surface area contributed by atoms with Gasteiger partial charge in [-0.05, 0) is 36.7 Å². The second-order valence-corrected chi connectivity index (χ2v) is 6.17. The summed E-state index contributed by atoms with van der Waals surface area (Å²) in [5, 5.41) is 1.16. The maximum absolute atomic E-state index is 12.6. The van der Waals surface area contributed by atoms with E-state index < -0.39 is 0 Å². The number of hydrogen-bond donors (Lipinski definition) is 1. The van der Waals surface area contributed by atoms with Crippen LogP contribution in [0.25, 0.3) is 10.9 Å². The number of ether oxygens (including phenoxy) is 2. The Morgan fingerprint density at radius 1 is 1.52 bits per heavy atom. The van der Waals surface area contributed by atoms with E-state index in [1.807, 2.05) is 12.1 Å². The molecule has 0 saturated carbocycles. The number of aromatic amines is 1. The highest BCUT2D eigenvalue weighted by Gasteiger charge is 2.44. The van der Waals surface area contributed by atoms with Crippen LogP contribution in [0.4, 0.5) is 0 Å². The Bertz CT molecular complexity index is 780.